The fourth-order valence-corrected chi connectivity index (χ4v) is 1.00. The van der Waals surface area contributed by atoms with E-state index >= 15 is 0 Å². The molecule has 0 aromatic carbocycles. The minimum atomic E-state index is -4.29. The summed E-state index contributed by atoms with van der Waals surface area (Å²) in [5.74, 6) is 0. The molecule has 1 nitrogen and oxygen atoms in total. The maximum absolute atomic E-state index is 12.0. The Labute approximate surface area is 92.3 Å². The Balaban J connectivity index is 0.00000144. The van der Waals surface area contributed by atoms with Gasteiger partial charge in [0, 0.05) is 11.5 Å². The lowest BCUT2D eigenvalue weighted by Gasteiger charge is -2.05. The molecule has 0 aliphatic heterocycles. The summed E-state index contributed by atoms with van der Waals surface area (Å²) < 4.78 is 35.9. The summed E-state index contributed by atoms with van der Waals surface area (Å²) >= 11 is 3.09. The Morgan fingerprint density at radius 3 is 2.23 bits per heavy atom. The van der Waals surface area contributed by atoms with Gasteiger partial charge in [-0.3, -0.25) is 4.98 Å². The van der Waals surface area contributed by atoms with Crippen molar-refractivity contribution in [2.75, 3.05) is 0 Å². The van der Waals surface area contributed by atoms with E-state index in [9.17, 15) is 13.2 Å². The zero-order valence-corrected chi connectivity index (χ0v) is 9.61. The first-order valence-corrected chi connectivity index (χ1v) is 4.24. The molecule has 0 unspecified atom stereocenters. The number of aromatic nitrogens is 1. The second-order valence-electron chi connectivity index (χ2n) is 2.17. The van der Waals surface area contributed by atoms with Crippen molar-refractivity contribution in [2.45, 2.75) is 11.5 Å². The van der Waals surface area contributed by atoms with Crippen molar-refractivity contribution in [3.63, 3.8) is 0 Å². The van der Waals surface area contributed by atoms with Gasteiger partial charge in [-0.1, -0.05) is 15.9 Å². The maximum Gasteiger partial charge on any atom is 0.417 e. The fourth-order valence-electron chi connectivity index (χ4n) is 0.671. The zero-order valence-electron chi connectivity index (χ0n) is 6.31. The van der Waals surface area contributed by atoms with E-state index in [0.717, 1.165) is 12.3 Å². The molecule has 0 spiro atoms. The highest BCUT2D eigenvalue weighted by atomic mass is 79.9. The molecule has 0 radical (unpaired) electrons. The van der Waals surface area contributed by atoms with Crippen LogP contribution >= 0.6 is 32.9 Å². The molecule has 0 saturated carbocycles. The van der Waals surface area contributed by atoms with Gasteiger partial charge in [0.2, 0.25) is 0 Å². The number of rotatable bonds is 1. The van der Waals surface area contributed by atoms with Crippen molar-refractivity contribution in [2.24, 2.45) is 0 Å². The molecule has 1 heterocycles. The predicted molar refractivity (Wildman–Crippen MR) is 52.2 cm³/mol. The molecule has 6 heteroatoms. The summed E-state index contributed by atoms with van der Waals surface area (Å²) in [7, 11) is 0. The number of nitrogens with zero attached hydrogens (tertiary/aromatic N) is 1. The van der Waals surface area contributed by atoms with Crippen molar-refractivity contribution in [1.29, 1.82) is 0 Å². The first-order chi connectivity index (χ1) is 5.54. The van der Waals surface area contributed by atoms with E-state index in [0.29, 0.717) is 11.0 Å². The maximum atomic E-state index is 12.0. The van der Waals surface area contributed by atoms with Gasteiger partial charge in [-0.2, -0.15) is 13.2 Å². The molecule has 0 amide bonds. The lowest BCUT2D eigenvalue weighted by atomic mass is 10.2. The highest BCUT2D eigenvalue weighted by molar-refractivity contribution is 9.08. The van der Waals surface area contributed by atoms with Gasteiger partial charge >= 0.3 is 6.18 Å². The quantitative estimate of drug-likeness (QED) is 0.721. The number of halogens is 5. The summed E-state index contributed by atoms with van der Waals surface area (Å²) in [5, 5.41) is 0.463. The van der Waals surface area contributed by atoms with Gasteiger partial charge < -0.3 is 0 Å². The third-order valence-corrected chi connectivity index (χ3v) is 1.86. The molecule has 0 fully saturated rings. The van der Waals surface area contributed by atoms with E-state index in [4.69, 9.17) is 0 Å². The van der Waals surface area contributed by atoms with Crippen molar-refractivity contribution >= 4 is 32.9 Å². The average Bonchev–Trinajstić information content (AvgIpc) is 2.03. The van der Waals surface area contributed by atoms with Crippen molar-refractivity contribution in [3.8, 4) is 0 Å². The highest BCUT2D eigenvalue weighted by Gasteiger charge is 2.30. The monoisotopic (exact) mass is 319 g/mol. The minimum absolute atomic E-state index is 0. The van der Waals surface area contributed by atoms with Gasteiger partial charge in [-0.25, -0.2) is 0 Å². The Kier molecular flexibility index (Phi) is 4.91. The Morgan fingerprint density at radius 1 is 1.31 bits per heavy atom. The number of alkyl halides is 4. The van der Waals surface area contributed by atoms with Crippen LogP contribution in [-0.4, -0.2) is 4.98 Å². The average molecular weight is 321 g/mol. The van der Waals surface area contributed by atoms with Crippen molar-refractivity contribution in [1.82, 2.24) is 4.98 Å². The molecule has 0 N–H and O–H groups in total. The Morgan fingerprint density at radius 2 is 1.92 bits per heavy atom. The minimum Gasteiger partial charge on any atom is -0.260 e. The fraction of sp³-hybridized carbons (Fsp3) is 0.286. The van der Waals surface area contributed by atoms with Crippen LogP contribution in [0.4, 0.5) is 13.2 Å². The summed E-state index contributed by atoms with van der Waals surface area (Å²) in [6.45, 7) is 0. The Hall–Kier alpha value is -0.100. The van der Waals surface area contributed by atoms with E-state index in [1.165, 1.54) is 6.07 Å². The van der Waals surface area contributed by atoms with E-state index in [2.05, 4.69) is 20.9 Å². The van der Waals surface area contributed by atoms with Crippen LogP contribution in [0.15, 0.2) is 18.3 Å². The third-order valence-electron chi connectivity index (χ3n) is 1.29. The lowest BCUT2D eigenvalue weighted by molar-refractivity contribution is -0.137. The van der Waals surface area contributed by atoms with Crippen LogP contribution < -0.4 is 0 Å². The summed E-state index contributed by atoms with van der Waals surface area (Å²) in [4.78, 5) is 3.60. The number of pyridine rings is 1. The highest BCUT2D eigenvalue weighted by Crippen LogP contribution is 2.28. The third kappa shape index (κ3) is 3.64. The Bertz CT molecular complexity index is 257. The van der Waals surface area contributed by atoms with Crippen LogP contribution in [0.5, 0.6) is 0 Å². The molecule has 0 atom stereocenters. The molecule has 1 aromatic rings. The van der Waals surface area contributed by atoms with Crippen LogP contribution in [0.1, 0.15) is 11.3 Å². The number of hydrogen-bond donors (Lipinski definition) is 0. The SMILES string of the molecule is Br.FC(F)(F)c1ccc(CBr)nc1. The molecular formula is C7H6Br2F3N. The lowest BCUT2D eigenvalue weighted by Crippen LogP contribution is -2.05. The summed E-state index contributed by atoms with van der Waals surface area (Å²) in [6.07, 6.45) is -3.46. The summed E-state index contributed by atoms with van der Waals surface area (Å²) in [5.41, 5.74) is -0.129. The van der Waals surface area contributed by atoms with Crippen LogP contribution in [0, 0.1) is 0 Å². The van der Waals surface area contributed by atoms with Crippen LogP contribution in [0.25, 0.3) is 0 Å². The van der Waals surface area contributed by atoms with Gasteiger partial charge in [0.25, 0.3) is 0 Å². The topological polar surface area (TPSA) is 12.9 Å². The molecule has 0 aliphatic carbocycles. The zero-order chi connectivity index (χ0) is 9.19. The van der Waals surface area contributed by atoms with E-state index in [1.54, 1.807) is 0 Å². The second kappa shape index (κ2) is 4.95. The molecule has 0 aliphatic rings. The normalized spacial score (nSPS) is 10.8. The van der Waals surface area contributed by atoms with Crippen molar-refractivity contribution in [3.05, 3.63) is 29.6 Å². The van der Waals surface area contributed by atoms with Crippen LogP contribution in [0.3, 0.4) is 0 Å². The predicted octanol–water partition coefficient (Wildman–Crippen LogP) is 3.57. The van der Waals surface area contributed by atoms with Gasteiger partial charge in [0.15, 0.2) is 0 Å². The first-order valence-electron chi connectivity index (χ1n) is 3.12. The van der Waals surface area contributed by atoms with Crippen LogP contribution in [-0.2, 0) is 11.5 Å². The molecule has 13 heavy (non-hydrogen) atoms. The van der Waals surface area contributed by atoms with Gasteiger partial charge in [0.05, 0.1) is 11.3 Å². The van der Waals surface area contributed by atoms with E-state index in [1.807, 2.05) is 0 Å². The number of hydrogen-bond acceptors (Lipinski definition) is 1. The second-order valence-corrected chi connectivity index (χ2v) is 2.73. The van der Waals surface area contributed by atoms with Gasteiger partial charge in [-0.15, -0.1) is 17.0 Å². The standard InChI is InChI=1S/C7H5BrF3N.BrH/c8-3-6-2-1-5(4-12-6)7(9,10)11;/h1-2,4H,3H2;1H. The largest absolute Gasteiger partial charge is 0.417 e. The van der Waals surface area contributed by atoms with Gasteiger partial charge in [0.1, 0.15) is 0 Å². The molecule has 0 saturated heterocycles. The molecule has 1 aromatic heterocycles. The smallest absolute Gasteiger partial charge is 0.260 e. The van der Waals surface area contributed by atoms with E-state index in [-0.39, 0.29) is 17.0 Å². The molecular weight excluding hydrogens is 315 g/mol. The first kappa shape index (κ1) is 12.9. The van der Waals surface area contributed by atoms with E-state index < -0.39 is 11.7 Å². The van der Waals surface area contributed by atoms with Crippen LogP contribution in [0.2, 0.25) is 0 Å². The van der Waals surface area contributed by atoms with Crippen molar-refractivity contribution < 1.29 is 13.2 Å². The van der Waals surface area contributed by atoms with Gasteiger partial charge in [-0.05, 0) is 12.1 Å². The molecule has 1 rings (SSSR count). The molecule has 74 valence electrons. The summed E-state index contributed by atoms with van der Waals surface area (Å²) in [6, 6.07) is 2.36. The molecule has 0 bridgehead atoms.